The molecule has 0 aromatic heterocycles. The van der Waals surface area contributed by atoms with Crippen LogP contribution in [0.2, 0.25) is 0 Å². The summed E-state index contributed by atoms with van der Waals surface area (Å²) in [5, 5.41) is 2.79. The predicted molar refractivity (Wildman–Crippen MR) is 107 cm³/mol. The molecule has 0 spiro atoms. The summed E-state index contributed by atoms with van der Waals surface area (Å²) in [6, 6.07) is 22.4. The highest BCUT2D eigenvalue weighted by Crippen LogP contribution is 2.41. The van der Waals surface area contributed by atoms with Gasteiger partial charge in [-0.1, -0.05) is 68.4 Å². The molecule has 0 atom stereocenters. The van der Waals surface area contributed by atoms with Gasteiger partial charge in [-0.2, -0.15) is 0 Å². The molecule has 2 heteroatoms. The number of fused-ring (bicyclic) bond motifs is 2. The first-order chi connectivity index (χ1) is 12.3. The van der Waals surface area contributed by atoms with Crippen molar-refractivity contribution in [1.82, 2.24) is 0 Å². The molecule has 1 aliphatic rings. The molecule has 3 aromatic rings. The highest BCUT2D eigenvalue weighted by atomic mass is 79.9. The zero-order valence-corrected chi connectivity index (χ0v) is 17.4. The fraction of sp³-hybridized carbons (Fsp3) is 0.333. The van der Waals surface area contributed by atoms with Gasteiger partial charge < -0.3 is 21.5 Å². The van der Waals surface area contributed by atoms with E-state index >= 15 is 0 Å². The van der Waals surface area contributed by atoms with Crippen LogP contribution < -0.4 is 17.0 Å². The molecule has 0 saturated carbocycles. The standard InChI is InChI=1S/C24H28N.BrH/c1-3-14-25(15-4-2)17-21-16-20-12-8-9-13-22(20)24(23(21)18-25)19-10-6-5-7-11-19;/h5-13,16H,3-4,14-15,17-18H2,1-2H3;1H/q+1;/p-1. The molecule has 0 N–H and O–H groups in total. The first kappa shape index (κ1) is 19.1. The van der Waals surface area contributed by atoms with E-state index in [2.05, 4.69) is 74.5 Å². The number of nitrogens with zero attached hydrogens (tertiary/aromatic N) is 1. The predicted octanol–water partition coefficient (Wildman–Crippen LogP) is 3.16. The van der Waals surface area contributed by atoms with Gasteiger partial charge in [0.05, 0.1) is 13.1 Å². The van der Waals surface area contributed by atoms with Crippen molar-refractivity contribution in [2.24, 2.45) is 0 Å². The van der Waals surface area contributed by atoms with E-state index < -0.39 is 0 Å². The maximum atomic E-state index is 2.46. The van der Waals surface area contributed by atoms with Crippen LogP contribution in [-0.2, 0) is 13.1 Å². The van der Waals surface area contributed by atoms with Crippen LogP contribution in [0.15, 0.2) is 60.7 Å². The Morgan fingerprint density at radius 1 is 0.808 bits per heavy atom. The van der Waals surface area contributed by atoms with E-state index in [-0.39, 0.29) is 17.0 Å². The van der Waals surface area contributed by atoms with Crippen LogP contribution in [-0.4, -0.2) is 17.6 Å². The van der Waals surface area contributed by atoms with Gasteiger partial charge in [-0.15, -0.1) is 0 Å². The summed E-state index contributed by atoms with van der Waals surface area (Å²) >= 11 is 0. The summed E-state index contributed by atoms with van der Waals surface area (Å²) in [5.74, 6) is 0. The van der Waals surface area contributed by atoms with Crippen LogP contribution in [0, 0.1) is 0 Å². The molecular weight excluding hydrogens is 382 g/mol. The third-order valence-electron chi connectivity index (χ3n) is 5.71. The van der Waals surface area contributed by atoms with E-state index in [0.717, 1.165) is 0 Å². The number of halogens is 1. The molecule has 4 rings (SSSR count). The minimum atomic E-state index is 0. The van der Waals surface area contributed by atoms with Gasteiger partial charge in [0.2, 0.25) is 0 Å². The topological polar surface area (TPSA) is 0 Å². The Morgan fingerprint density at radius 2 is 1.46 bits per heavy atom. The molecule has 0 fully saturated rings. The maximum absolute atomic E-state index is 2.46. The first-order valence-electron chi connectivity index (χ1n) is 9.70. The average Bonchev–Trinajstić information content (AvgIpc) is 2.98. The Morgan fingerprint density at radius 3 is 2.15 bits per heavy atom. The minimum Gasteiger partial charge on any atom is -1.00 e. The molecule has 26 heavy (non-hydrogen) atoms. The maximum Gasteiger partial charge on any atom is 0.106 e. The molecule has 1 aliphatic heterocycles. The molecule has 136 valence electrons. The second-order valence-electron chi connectivity index (χ2n) is 7.58. The van der Waals surface area contributed by atoms with E-state index in [9.17, 15) is 0 Å². The Bertz CT molecular complexity index is 879. The van der Waals surface area contributed by atoms with Crippen LogP contribution in [0.25, 0.3) is 21.9 Å². The van der Waals surface area contributed by atoms with Crippen molar-refractivity contribution in [3.8, 4) is 11.1 Å². The number of benzene rings is 3. The van der Waals surface area contributed by atoms with Gasteiger partial charge in [-0.25, -0.2) is 0 Å². The highest BCUT2D eigenvalue weighted by Gasteiger charge is 2.36. The number of quaternary nitrogens is 1. The Balaban J connectivity index is 0.00000196. The summed E-state index contributed by atoms with van der Waals surface area (Å²) in [5.41, 5.74) is 6.00. The average molecular weight is 410 g/mol. The third kappa shape index (κ3) is 3.33. The van der Waals surface area contributed by atoms with Crippen LogP contribution in [0.3, 0.4) is 0 Å². The van der Waals surface area contributed by atoms with E-state index in [1.165, 1.54) is 65.4 Å². The van der Waals surface area contributed by atoms with E-state index in [1.807, 2.05) is 0 Å². The van der Waals surface area contributed by atoms with Gasteiger partial charge in [-0.3, -0.25) is 0 Å². The van der Waals surface area contributed by atoms with Crippen LogP contribution in [0.5, 0.6) is 0 Å². The second kappa shape index (κ2) is 7.94. The zero-order valence-electron chi connectivity index (χ0n) is 15.8. The second-order valence-corrected chi connectivity index (χ2v) is 7.58. The molecule has 0 unspecified atom stereocenters. The highest BCUT2D eigenvalue weighted by molar-refractivity contribution is 5.99. The van der Waals surface area contributed by atoms with Crippen molar-refractivity contribution in [2.75, 3.05) is 13.1 Å². The van der Waals surface area contributed by atoms with Gasteiger partial charge >= 0.3 is 0 Å². The Hall–Kier alpha value is -1.64. The van der Waals surface area contributed by atoms with Crippen molar-refractivity contribution >= 4 is 10.8 Å². The molecule has 3 aromatic carbocycles. The summed E-state index contributed by atoms with van der Waals surface area (Å²) in [6.45, 7) is 9.61. The van der Waals surface area contributed by atoms with Crippen LogP contribution in [0.1, 0.15) is 37.8 Å². The lowest BCUT2D eigenvalue weighted by Crippen LogP contribution is -3.00. The largest absolute Gasteiger partial charge is 1.00 e. The number of rotatable bonds is 5. The number of hydrogen-bond acceptors (Lipinski definition) is 0. The lowest BCUT2D eigenvalue weighted by Gasteiger charge is -2.34. The van der Waals surface area contributed by atoms with E-state index in [4.69, 9.17) is 0 Å². The lowest BCUT2D eigenvalue weighted by atomic mass is 9.91. The van der Waals surface area contributed by atoms with Crippen molar-refractivity contribution in [2.45, 2.75) is 39.8 Å². The number of hydrogen-bond donors (Lipinski definition) is 0. The lowest BCUT2D eigenvalue weighted by molar-refractivity contribution is -0.947. The summed E-state index contributed by atoms with van der Waals surface area (Å²) < 4.78 is 1.23. The SMILES string of the molecule is CCC[N+]1(CCC)Cc2cc3ccccc3c(-c3ccccc3)c2C1.[Br-]. The fourth-order valence-corrected chi connectivity index (χ4v) is 4.83. The van der Waals surface area contributed by atoms with E-state index in [1.54, 1.807) is 11.1 Å². The van der Waals surface area contributed by atoms with Crippen LogP contribution >= 0.6 is 0 Å². The minimum absolute atomic E-state index is 0. The quantitative estimate of drug-likeness (QED) is 0.567. The van der Waals surface area contributed by atoms with Gasteiger partial charge in [0, 0.05) is 11.1 Å². The summed E-state index contributed by atoms with van der Waals surface area (Å²) in [4.78, 5) is 0. The molecule has 0 bridgehead atoms. The Kier molecular flexibility index (Phi) is 5.84. The van der Waals surface area contributed by atoms with Crippen molar-refractivity contribution in [3.63, 3.8) is 0 Å². The Labute approximate surface area is 168 Å². The molecule has 0 saturated heterocycles. The summed E-state index contributed by atoms with van der Waals surface area (Å²) in [6.07, 6.45) is 2.52. The van der Waals surface area contributed by atoms with Gasteiger partial charge in [0.15, 0.2) is 0 Å². The first-order valence-corrected chi connectivity index (χ1v) is 9.70. The van der Waals surface area contributed by atoms with Crippen molar-refractivity contribution in [3.05, 3.63) is 71.8 Å². The van der Waals surface area contributed by atoms with Crippen molar-refractivity contribution < 1.29 is 21.5 Å². The van der Waals surface area contributed by atoms with E-state index in [0.29, 0.717) is 0 Å². The molecule has 0 amide bonds. The zero-order chi connectivity index (χ0) is 17.3. The molecule has 0 radical (unpaired) electrons. The van der Waals surface area contributed by atoms with Gasteiger partial charge in [0.1, 0.15) is 13.1 Å². The fourth-order valence-electron chi connectivity index (χ4n) is 4.83. The van der Waals surface area contributed by atoms with Crippen molar-refractivity contribution in [1.29, 1.82) is 0 Å². The third-order valence-corrected chi connectivity index (χ3v) is 5.71. The van der Waals surface area contributed by atoms with Gasteiger partial charge in [0.25, 0.3) is 0 Å². The molecule has 1 nitrogen and oxygen atoms in total. The molecular formula is C24H28BrN. The smallest absolute Gasteiger partial charge is 0.106 e. The summed E-state index contributed by atoms with van der Waals surface area (Å²) in [7, 11) is 0. The van der Waals surface area contributed by atoms with Gasteiger partial charge in [-0.05, 0) is 40.8 Å². The van der Waals surface area contributed by atoms with Crippen LogP contribution in [0.4, 0.5) is 0 Å². The monoisotopic (exact) mass is 409 g/mol. The molecule has 1 heterocycles. The molecule has 0 aliphatic carbocycles. The normalized spacial score (nSPS) is 14.8.